The van der Waals surface area contributed by atoms with E-state index >= 15 is 0 Å². The van der Waals surface area contributed by atoms with E-state index < -0.39 is 0 Å². The van der Waals surface area contributed by atoms with Crippen LogP contribution in [0, 0.1) is 12.8 Å². The lowest BCUT2D eigenvalue weighted by Gasteiger charge is -2.29. The number of methoxy groups -OCH3 is 1. The Morgan fingerprint density at radius 2 is 2.04 bits per heavy atom. The Bertz CT molecular complexity index is 611. The quantitative estimate of drug-likeness (QED) is 0.841. The lowest BCUT2D eigenvalue weighted by molar-refractivity contribution is -0.139. The summed E-state index contributed by atoms with van der Waals surface area (Å²) in [5.74, 6) is 0.394. The first-order valence-electron chi connectivity index (χ1n) is 7.91. The van der Waals surface area contributed by atoms with E-state index in [9.17, 15) is 9.59 Å². The van der Waals surface area contributed by atoms with Gasteiger partial charge < -0.3 is 19.3 Å². The van der Waals surface area contributed by atoms with Crippen molar-refractivity contribution in [2.75, 3.05) is 44.9 Å². The largest absolute Gasteiger partial charge is 0.495 e. The molecule has 0 radical (unpaired) electrons. The number of ether oxygens (including phenoxy) is 2. The van der Waals surface area contributed by atoms with E-state index in [1.165, 1.54) is 0 Å². The zero-order chi connectivity index (χ0) is 16.4. The maximum absolute atomic E-state index is 12.6. The van der Waals surface area contributed by atoms with E-state index in [0.717, 1.165) is 11.3 Å². The summed E-state index contributed by atoms with van der Waals surface area (Å²) < 4.78 is 10.6. The molecule has 2 heterocycles. The standard InChI is InChI=1S/C17H22N2O4/c1-12-3-4-15(22-2)14(9-12)19-11-13(10-16(19)20)17(21)18-5-7-23-8-6-18/h3-4,9,13H,5-8,10-11H2,1-2H3/t13-/m1/s1. The number of carbonyl (C=O) groups excluding carboxylic acids is 2. The monoisotopic (exact) mass is 318 g/mol. The Morgan fingerprint density at radius 1 is 1.30 bits per heavy atom. The predicted molar refractivity (Wildman–Crippen MR) is 85.6 cm³/mol. The van der Waals surface area contributed by atoms with E-state index in [4.69, 9.17) is 9.47 Å². The molecule has 1 atom stereocenters. The predicted octanol–water partition coefficient (Wildman–Crippen LogP) is 1.22. The number of nitrogens with zero attached hydrogens (tertiary/aromatic N) is 2. The Labute approximate surface area is 136 Å². The van der Waals surface area contributed by atoms with Crippen LogP contribution in [0.1, 0.15) is 12.0 Å². The smallest absolute Gasteiger partial charge is 0.228 e. The van der Waals surface area contributed by atoms with Crippen LogP contribution in [0.15, 0.2) is 18.2 Å². The van der Waals surface area contributed by atoms with E-state index in [0.29, 0.717) is 38.6 Å². The number of aryl methyl sites for hydroxylation is 1. The van der Waals surface area contributed by atoms with Gasteiger partial charge in [-0.1, -0.05) is 6.07 Å². The Kier molecular flexibility index (Phi) is 4.52. The molecule has 2 fully saturated rings. The van der Waals surface area contributed by atoms with Crippen LogP contribution in [-0.4, -0.2) is 56.7 Å². The molecule has 1 aromatic rings. The zero-order valence-electron chi connectivity index (χ0n) is 13.6. The minimum Gasteiger partial charge on any atom is -0.495 e. The summed E-state index contributed by atoms with van der Waals surface area (Å²) in [5.41, 5.74) is 1.80. The number of rotatable bonds is 3. The number of hydrogen-bond donors (Lipinski definition) is 0. The average Bonchev–Trinajstić information content (AvgIpc) is 2.96. The molecule has 0 aromatic heterocycles. The van der Waals surface area contributed by atoms with Gasteiger partial charge in [-0.3, -0.25) is 9.59 Å². The molecule has 0 unspecified atom stereocenters. The van der Waals surface area contributed by atoms with Crippen molar-refractivity contribution in [2.24, 2.45) is 5.92 Å². The number of benzene rings is 1. The first kappa shape index (κ1) is 15.8. The minimum atomic E-state index is -0.286. The fraction of sp³-hybridized carbons (Fsp3) is 0.529. The van der Waals surface area contributed by atoms with Crippen molar-refractivity contribution in [3.05, 3.63) is 23.8 Å². The summed E-state index contributed by atoms with van der Waals surface area (Å²) in [5, 5.41) is 0. The zero-order valence-corrected chi connectivity index (χ0v) is 13.6. The molecule has 0 spiro atoms. The number of hydrogen-bond acceptors (Lipinski definition) is 4. The molecule has 3 rings (SSSR count). The first-order valence-corrected chi connectivity index (χ1v) is 7.91. The van der Waals surface area contributed by atoms with Crippen molar-refractivity contribution >= 4 is 17.5 Å². The topological polar surface area (TPSA) is 59.1 Å². The van der Waals surface area contributed by atoms with Crippen LogP contribution in [-0.2, 0) is 14.3 Å². The molecule has 0 saturated carbocycles. The Balaban J connectivity index is 1.77. The molecule has 6 heteroatoms. The molecular formula is C17H22N2O4. The van der Waals surface area contributed by atoms with Crippen LogP contribution in [0.2, 0.25) is 0 Å². The minimum absolute atomic E-state index is 0.0273. The van der Waals surface area contributed by atoms with Gasteiger partial charge in [0.05, 0.1) is 31.9 Å². The van der Waals surface area contributed by atoms with Crippen molar-refractivity contribution in [3.8, 4) is 5.75 Å². The van der Waals surface area contributed by atoms with Gasteiger partial charge in [-0.05, 0) is 24.6 Å². The molecule has 124 valence electrons. The summed E-state index contributed by atoms with van der Waals surface area (Å²) in [6.45, 7) is 4.74. The van der Waals surface area contributed by atoms with Crippen LogP contribution >= 0.6 is 0 Å². The van der Waals surface area contributed by atoms with Gasteiger partial charge in [0.2, 0.25) is 11.8 Å². The van der Waals surface area contributed by atoms with Gasteiger partial charge in [-0.2, -0.15) is 0 Å². The summed E-state index contributed by atoms with van der Waals surface area (Å²) in [4.78, 5) is 28.5. The van der Waals surface area contributed by atoms with Crippen molar-refractivity contribution in [1.82, 2.24) is 4.90 Å². The molecule has 23 heavy (non-hydrogen) atoms. The van der Waals surface area contributed by atoms with Crippen molar-refractivity contribution < 1.29 is 19.1 Å². The van der Waals surface area contributed by atoms with Crippen LogP contribution in [0.25, 0.3) is 0 Å². The fourth-order valence-electron chi connectivity index (χ4n) is 3.16. The van der Waals surface area contributed by atoms with Gasteiger partial charge in [0.1, 0.15) is 5.75 Å². The molecular weight excluding hydrogens is 296 g/mol. The number of carbonyl (C=O) groups is 2. The maximum atomic E-state index is 12.6. The van der Waals surface area contributed by atoms with E-state index in [1.54, 1.807) is 16.9 Å². The highest BCUT2D eigenvalue weighted by Crippen LogP contribution is 2.34. The molecule has 2 saturated heterocycles. The molecule has 2 aliphatic heterocycles. The summed E-state index contributed by atoms with van der Waals surface area (Å²) in [7, 11) is 1.59. The van der Waals surface area contributed by atoms with Crippen LogP contribution in [0.5, 0.6) is 5.75 Å². The highest BCUT2D eigenvalue weighted by Gasteiger charge is 2.38. The van der Waals surface area contributed by atoms with Gasteiger partial charge in [-0.15, -0.1) is 0 Å². The number of anilines is 1. The summed E-state index contributed by atoms with van der Waals surface area (Å²) in [6.07, 6.45) is 0.257. The van der Waals surface area contributed by atoms with Gasteiger partial charge >= 0.3 is 0 Å². The van der Waals surface area contributed by atoms with Crippen LogP contribution < -0.4 is 9.64 Å². The lowest BCUT2D eigenvalue weighted by atomic mass is 10.1. The second-order valence-corrected chi connectivity index (χ2v) is 6.02. The lowest BCUT2D eigenvalue weighted by Crippen LogP contribution is -2.44. The SMILES string of the molecule is COc1ccc(C)cc1N1C[C@H](C(=O)N2CCOCC2)CC1=O. The fourth-order valence-corrected chi connectivity index (χ4v) is 3.16. The molecule has 2 amide bonds. The highest BCUT2D eigenvalue weighted by molar-refractivity contribution is 6.01. The van der Waals surface area contributed by atoms with Crippen LogP contribution in [0.3, 0.4) is 0 Å². The normalized spacial score (nSPS) is 21.7. The van der Waals surface area contributed by atoms with Crippen molar-refractivity contribution in [3.63, 3.8) is 0 Å². The summed E-state index contributed by atoms with van der Waals surface area (Å²) in [6, 6.07) is 5.73. The van der Waals surface area contributed by atoms with E-state index in [-0.39, 0.29) is 24.2 Å². The third-order valence-electron chi connectivity index (χ3n) is 4.42. The van der Waals surface area contributed by atoms with Crippen molar-refractivity contribution in [2.45, 2.75) is 13.3 Å². The maximum Gasteiger partial charge on any atom is 0.228 e. The average molecular weight is 318 g/mol. The molecule has 1 aromatic carbocycles. The second-order valence-electron chi connectivity index (χ2n) is 6.02. The Hall–Kier alpha value is -2.08. The molecule has 0 bridgehead atoms. The third-order valence-corrected chi connectivity index (χ3v) is 4.42. The molecule has 0 N–H and O–H groups in total. The van der Waals surface area contributed by atoms with Gasteiger partial charge in [0, 0.05) is 26.1 Å². The second kappa shape index (κ2) is 6.58. The van der Waals surface area contributed by atoms with E-state index in [2.05, 4.69) is 0 Å². The van der Waals surface area contributed by atoms with Gasteiger partial charge in [-0.25, -0.2) is 0 Å². The highest BCUT2D eigenvalue weighted by atomic mass is 16.5. The van der Waals surface area contributed by atoms with Crippen LogP contribution in [0.4, 0.5) is 5.69 Å². The molecule has 2 aliphatic rings. The molecule has 0 aliphatic carbocycles. The third kappa shape index (κ3) is 3.17. The molecule has 6 nitrogen and oxygen atoms in total. The van der Waals surface area contributed by atoms with Gasteiger partial charge in [0.15, 0.2) is 0 Å². The Morgan fingerprint density at radius 3 is 2.74 bits per heavy atom. The van der Waals surface area contributed by atoms with Gasteiger partial charge in [0.25, 0.3) is 0 Å². The number of morpholine rings is 1. The number of amides is 2. The summed E-state index contributed by atoms with van der Waals surface area (Å²) >= 11 is 0. The van der Waals surface area contributed by atoms with E-state index in [1.807, 2.05) is 25.1 Å². The van der Waals surface area contributed by atoms with Crippen molar-refractivity contribution in [1.29, 1.82) is 0 Å². The first-order chi connectivity index (χ1) is 11.1.